The first-order valence-corrected chi connectivity index (χ1v) is 8.09. The summed E-state index contributed by atoms with van der Waals surface area (Å²) in [6, 6.07) is 5.58. The van der Waals surface area contributed by atoms with Crippen LogP contribution in [0.25, 0.3) is 0 Å². The van der Waals surface area contributed by atoms with Crippen molar-refractivity contribution in [1.29, 1.82) is 0 Å². The molecule has 1 N–H and O–H groups in total. The van der Waals surface area contributed by atoms with Crippen LogP contribution in [0.4, 0.5) is 11.4 Å². The Morgan fingerprint density at radius 2 is 2.04 bits per heavy atom. The predicted octanol–water partition coefficient (Wildman–Crippen LogP) is 3.16. The van der Waals surface area contributed by atoms with E-state index in [1.165, 1.54) is 43.6 Å². The average molecular weight is 364 g/mol. The van der Waals surface area contributed by atoms with Gasteiger partial charge in [0.1, 0.15) is 10.6 Å². The van der Waals surface area contributed by atoms with Crippen LogP contribution in [0.1, 0.15) is 22.2 Å². The van der Waals surface area contributed by atoms with Gasteiger partial charge in [-0.2, -0.15) is 0 Å². The molecule has 8 nitrogen and oxygen atoms in total. The van der Waals surface area contributed by atoms with Crippen molar-refractivity contribution in [1.82, 2.24) is 0 Å². The lowest BCUT2D eigenvalue weighted by atomic mass is 10.2. The number of hydrogen-bond acceptors (Lipinski definition) is 7. The van der Waals surface area contributed by atoms with Crippen LogP contribution in [0.5, 0.6) is 5.75 Å². The summed E-state index contributed by atoms with van der Waals surface area (Å²) in [5.74, 6) is -1.02. The van der Waals surface area contributed by atoms with Crippen LogP contribution >= 0.6 is 11.3 Å². The molecule has 0 saturated heterocycles. The van der Waals surface area contributed by atoms with E-state index in [1.54, 1.807) is 18.4 Å². The Balaban J connectivity index is 2.07. The number of anilines is 1. The van der Waals surface area contributed by atoms with Crippen molar-refractivity contribution < 1.29 is 24.0 Å². The van der Waals surface area contributed by atoms with Gasteiger partial charge in [-0.1, -0.05) is 0 Å². The Kier molecular flexibility index (Phi) is 5.71. The van der Waals surface area contributed by atoms with Gasteiger partial charge in [0.05, 0.1) is 23.8 Å². The highest BCUT2D eigenvalue weighted by Crippen LogP contribution is 2.29. The van der Waals surface area contributed by atoms with Crippen LogP contribution < -0.4 is 10.1 Å². The van der Waals surface area contributed by atoms with Crippen molar-refractivity contribution in [2.45, 2.75) is 20.0 Å². The molecular weight excluding hydrogens is 348 g/mol. The molecule has 1 aromatic carbocycles. The molecule has 1 heterocycles. The zero-order chi connectivity index (χ0) is 18.6. The molecule has 2 aromatic rings. The quantitative estimate of drug-likeness (QED) is 0.479. The third-order valence-electron chi connectivity index (χ3n) is 3.35. The smallest absolute Gasteiger partial charge is 0.349 e. The second-order valence-electron chi connectivity index (χ2n) is 5.11. The minimum Gasteiger partial charge on any atom is -0.494 e. The maximum atomic E-state index is 12.2. The molecule has 1 aromatic heterocycles. The molecule has 0 bridgehead atoms. The molecule has 132 valence electrons. The number of carbonyl (C=O) groups is 2. The number of non-ortho nitro benzene ring substituents is 1. The highest BCUT2D eigenvalue weighted by molar-refractivity contribution is 7.12. The zero-order valence-corrected chi connectivity index (χ0v) is 14.6. The molecule has 0 aliphatic carbocycles. The summed E-state index contributed by atoms with van der Waals surface area (Å²) in [6.07, 6.45) is -1.05. The third kappa shape index (κ3) is 4.32. The van der Waals surface area contributed by atoms with Crippen LogP contribution in [0.15, 0.2) is 29.6 Å². The Labute approximate surface area is 147 Å². The summed E-state index contributed by atoms with van der Waals surface area (Å²) in [5, 5.41) is 15.1. The number of benzene rings is 1. The summed E-state index contributed by atoms with van der Waals surface area (Å²) in [7, 11) is 1.33. The monoisotopic (exact) mass is 364 g/mol. The molecule has 2 rings (SSSR count). The fourth-order valence-electron chi connectivity index (χ4n) is 1.98. The molecule has 25 heavy (non-hydrogen) atoms. The Morgan fingerprint density at radius 1 is 1.32 bits per heavy atom. The van der Waals surface area contributed by atoms with E-state index >= 15 is 0 Å². The van der Waals surface area contributed by atoms with Gasteiger partial charge < -0.3 is 14.8 Å². The standard InChI is InChI=1S/C16H16N2O6S/c1-9-6-7-25-14(9)16(20)24-10(2)15(19)17-12-5-4-11(18(21)22)8-13(12)23-3/h4-8,10H,1-3H3,(H,17,19)/t10-/m0/s1. The van der Waals surface area contributed by atoms with E-state index in [1.807, 2.05) is 0 Å². The number of nitro benzene ring substituents is 1. The molecule has 1 amide bonds. The fourth-order valence-corrected chi connectivity index (χ4v) is 2.79. The van der Waals surface area contributed by atoms with Crippen LogP contribution in [0.2, 0.25) is 0 Å². The second kappa shape index (κ2) is 7.75. The van der Waals surface area contributed by atoms with Crippen LogP contribution in [-0.2, 0) is 9.53 Å². The SMILES string of the molecule is COc1cc([N+](=O)[O-])ccc1NC(=O)[C@H](C)OC(=O)c1sccc1C. The number of nitrogens with zero attached hydrogens (tertiary/aromatic N) is 1. The number of nitrogens with one attached hydrogen (secondary N) is 1. The van der Waals surface area contributed by atoms with E-state index in [-0.39, 0.29) is 17.1 Å². The van der Waals surface area contributed by atoms with Crippen molar-refractivity contribution in [2.75, 3.05) is 12.4 Å². The van der Waals surface area contributed by atoms with Crippen molar-refractivity contribution in [3.8, 4) is 5.75 Å². The molecular formula is C16H16N2O6S. The van der Waals surface area contributed by atoms with Gasteiger partial charge in [0.2, 0.25) is 0 Å². The summed E-state index contributed by atoms with van der Waals surface area (Å²) < 4.78 is 10.2. The lowest BCUT2D eigenvalue weighted by molar-refractivity contribution is -0.384. The summed E-state index contributed by atoms with van der Waals surface area (Å²) in [4.78, 5) is 34.9. The number of amides is 1. The Morgan fingerprint density at radius 3 is 2.60 bits per heavy atom. The van der Waals surface area contributed by atoms with Gasteiger partial charge in [-0.25, -0.2) is 4.79 Å². The molecule has 9 heteroatoms. The number of nitro groups is 1. The number of ether oxygens (including phenoxy) is 2. The predicted molar refractivity (Wildman–Crippen MR) is 92.2 cm³/mol. The summed E-state index contributed by atoms with van der Waals surface area (Å²) >= 11 is 1.24. The molecule has 0 unspecified atom stereocenters. The van der Waals surface area contributed by atoms with Crippen molar-refractivity contribution in [2.24, 2.45) is 0 Å². The normalized spacial score (nSPS) is 11.5. The van der Waals surface area contributed by atoms with Gasteiger partial charge in [0, 0.05) is 6.07 Å². The lowest BCUT2D eigenvalue weighted by Gasteiger charge is -2.15. The number of aryl methyl sites for hydroxylation is 1. The van der Waals surface area contributed by atoms with Gasteiger partial charge >= 0.3 is 5.97 Å². The number of methoxy groups -OCH3 is 1. The summed E-state index contributed by atoms with van der Waals surface area (Å²) in [5.41, 5.74) is 0.857. The van der Waals surface area contributed by atoms with Crippen LogP contribution in [0, 0.1) is 17.0 Å². The maximum Gasteiger partial charge on any atom is 0.349 e. The third-order valence-corrected chi connectivity index (χ3v) is 4.35. The van der Waals surface area contributed by atoms with Crippen molar-refractivity contribution >= 4 is 34.6 Å². The van der Waals surface area contributed by atoms with Gasteiger partial charge in [-0.05, 0) is 36.9 Å². The van der Waals surface area contributed by atoms with E-state index in [0.29, 0.717) is 4.88 Å². The van der Waals surface area contributed by atoms with E-state index < -0.39 is 22.9 Å². The molecule has 0 spiro atoms. The minimum absolute atomic E-state index is 0.134. The molecule has 0 radical (unpaired) electrons. The van der Waals surface area contributed by atoms with E-state index in [9.17, 15) is 19.7 Å². The molecule has 0 fully saturated rings. The minimum atomic E-state index is -1.05. The molecule has 0 aliphatic rings. The number of rotatable bonds is 6. The van der Waals surface area contributed by atoms with Crippen LogP contribution in [0.3, 0.4) is 0 Å². The number of thiophene rings is 1. The molecule has 0 aliphatic heterocycles. The summed E-state index contributed by atoms with van der Waals surface area (Å²) in [6.45, 7) is 3.22. The second-order valence-corrected chi connectivity index (χ2v) is 6.03. The van der Waals surface area contributed by atoms with E-state index in [2.05, 4.69) is 5.32 Å². The first kappa shape index (κ1) is 18.4. The first-order chi connectivity index (χ1) is 11.8. The first-order valence-electron chi connectivity index (χ1n) is 7.22. The Hall–Kier alpha value is -2.94. The van der Waals surface area contributed by atoms with Gasteiger partial charge in [-0.3, -0.25) is 14.9 Å². The Bertz CT molecular complexity index is 817. The zero-order valence-electron chi connectivity index (χ0n) is 13.8. The number of carbonyl (C=O) groups excluding carboxylic acids is 2. The number of hydrogen-bond donors (Lipinski definition) is 1. The molecule has 0 saturated carbocycles. The van der Waals surface area contributed by atoms with E-state index in [4.69, 9.17) is 9.47 Å². The number of esters is 1. The van der Waals surface area contributed by atoms with Crippen molar-refractivity contribution in [3.63, 3.8) is 0 Å². The topological polar surface area (TPSA) is 108 Å². The van der Waals surface area contributed by atoms with Crippen LogP contribution in [-0.4, -0.2) is 30.0 Å². The lowest BCUT2D eigenvalue weighted by Crippen LogP contribution is -2.30. The van der Waals surface area contributed by atoms with E-state index in [0.717, 1.165) is 5.56 Å². The van der Waals surface area contributed by atoms with Gasteiger partial charge in [-0.15, -0.1) is 11.3 Å². The van der Waals surface area contributed by atoms with Gasteiger partial charge in [0.25, 0.3) is 11.6 Å². The molecule has 1 atom stereocenters. The highest BCUT2D eigenvalue weighted by atomic mass is 32.1. The van der Waals surface area contributed by atoms with Gasteiger partial charge in [0.15, 0.2) is 6.10 Å². The fraction of sp³-hybridized carbons (Fsp3) is 0.250. The highest BCUT2D eigenvalue weighted by Gasteiger charge is 2.22. The largest absolute Gasteiger partial charge is 0.494 e. The van der Waals surface area contributed by atoms with Crippen molar-refractivity contribution in [3.05, 3.63) is 50.2 Å². The maximum absolute atomic E-state index is 12.2. The average Bonchev–Trinajstić information content (AvgIpc) is 3.00.